The predicted molar refractivity (Wildman–Crippen MR) is 82.6 cm³/mol. The van der Waals surface area contributed by atoms with E-state index in [2.05, 4.69) is 10.3 Å². The molecule has 4 heteroatoms. The van der Waals surface area contributed by atoms with Crippen LogP contribution >= 0.6 is 0 Å². The van der Waals surface area contributed by atoms with Gasteiger partial charge in [-0.2, -0.15) is 0 Å². The highest BCUT2D eigenvalue weighted by molar-refractivity contribution is 6.06. The lowest BCUT2D eigenvalue weighted by molar-refractivity contribution is 0.102. The van der Waals surface area contributed by atoms with Gasteiger partial charge in [0.05, 0.1) is 0 Å². The van der Waals surface area contributed by atoms with Crippen molar-refractivity contribution < 1.29 is 9.21 Å². The summed E-state index contributed by atoms with van der Waals surface area (Å²) in [5, 5.41) is 2.91. The number of carbonyl (C=O) groups excluding carboxylic acids is 1. The van der Waals surface area contributed by atoms with Crippen LogP contribution in [-0.2, 0) is 0 Å². The molecule has 1 N–H and O–H groups in total. The zero-order valence-corrected chi connectivity index (χ0v) is 12.2. The molecule has 4 nitrogen and oxygen atoms in total. The highest BCUT2D eigenvalue weighted by atomic mass is 16.3. The Balaban J connectivity index is 1.90. The maximum Gasteiger partial charge on any atom is 0.255 e. The van der Waals surface area contributed by atoms with Crippen LogP contribution in [0.3, 0.4) is 0 Å². The molecule has 0 unspecified atom stereocenters. The summed E-state index contributed by atoms with van der Waals surface area (Å²) in [6.45, 7) is 5.75. The van der Waals surface area contributed by atoms with Crippen molar-refractivity contribution in [1.29, 1.82) is 0 Å². The fraction of sp³-hybridized carbons (Fsp3) is 0.176. The average Bonchev–Trinajstić information content (AvgIpc) is 2.81. The van der Waals surface area contributed by atoms with Crippen LogP contribution < -0.4 is 5.32 Å². The molecule has 1 heterocycles. The van der Waals surface area contributed by atoms with Gasteiger partial charge < -0.3 is 9.73 Å². The second-order valence-corrected chi connectivity index (χ2v) is 5.12. The molecule has 0 aliphatic heterocycles. The molecule has 0 spiro atoms. The van der Waals surface area contributed by atoms with Crippen LogP contribution in [0.1, 0.15) is 27.4 Å². The summed E-state index contributed by atoms with van der Waals surface area (Å²) in [4.78, 5) is 16.6. The highest BCUT2D eigenvalue weighted by Crippen LogP contribution is 2.21. The Bertz CT molecular complexity index is 834. The van der Waals surface area contributed by atoms with Gasteiger partial charge in [0.2, 0.25) is 0 Å². The van der Waals surface area contributed by atoms with E-state index < -0.39 is 0 Å². The number of benzene rings is 2. The number of nitrogens with zero attached hydrogens (tertiary/aromatic N) is 1. The van der Waals surface area contributed by atoms with E-state index in [0.29, 0.717) is 17.1 Å². The van der Waals surface area contributed by atoms with Crippen molar-refractivity contribution in [3.63, 3.8) is 0 Å². The second kappa shape index (κ2) is 5.05. The third-order valence-electron chi connectivity index (χ3n) is 3.60. The molecule has 3 aromatic rings. The van der Waals surface area contributed by atoms with Gasteiger partial charge in [-0.3, -0.25) is 4.79 Å². The van der Waals surface area contributed by atoms with E-state index in [-0.39, 0.29) is 5.91 Å². The van der Waals surface area contributed by atoms with Gasteiger partial charge in [-0.15, -0.1) is 0 Å². The first kappa shape index (κ1) is 13.4. The third kappa shape index (κ3) is 2.52. The molecule has 1 amide bonds. The minimum Gasteiger partial charge on any atom is -0.441 e. The molecule has 0 saturated heterocycles. The summed E-state index contributed by atoms with van der Waals surface area (Å²) in [5.74, 6) is 0.499. The van der Waals surface area contributed by atoms with Crippen molar-refractivity contribution in [3.05, 3.63) is 59.0 Å². The molecule has 0 aliphatic rings. The standard InChI is InChI=1S/C17H16N2O2/c1-10-5-4-6-14(11(10)2)17(20)19-13-7-8-16-15(9-13)18-12(3)21-16/h4-9H,1-3H3,(H,19,20). The number of nitrogens with one attached hydrogen (secondary N) is 1. The van der Waals surface area contributed by atoms with Gasteiger partial charge in [-0.1, -0.05) is 12.1 Å². The van der Waals surface area contributed by atoms with Crippen LogP contribution in [0.2, 0.25) is 0 Å². The minimum atomic E-state index is -0.115. The molecule has 1 aromatic heterocycles. The summed E-state index contributed by atoms with van der Waals surface area (Å²) in [6.07, 6.45) is 0. The second-order valence-electron chi connectivity index (χ2n) is 5.12. The van der Waals surface area contributed by atoms with E-state index in [0.717, 1.165) is 22.2 Å². The lowest BCUT2D eigenvalue weighted by Gasteiger charge is -2.09. The Morgan fingerprint density at radius 1 is 1.14 bits per heavy atom. The van der Waals surface area contributed by atoms with Gasteiger partial charge in [0.15, 0.2) is 11.5 Å². The first-order valence-electron chi connectivity index (χ1n) is 6.79. The summed E-state index contributed by atoms with van der Waals surface area (Å²) in [6, 6.07) is 11.2. The molecule has 0 atom stereocenters. The number of carbonyl (C=O) groups is 1. The maximum atomic E-state index is 12.4. The van der Waals surface area contributed by atoms with Crippen molar-refractivity contribution in [1.82, 2.24) is 4.98 Å². The molecule has 21 heavy (non-hydrogen) atoms. The van der Waals surface area contributed by atoms with Crippen LogP contribution in [0.25, 0.3) is 11.1 Å². The van der Waals surface area contributed by atoms with E-state index in [1.54, 1.807) is 6.92 Å². The normalized spacial score (nSPS) is 10.8. The zero-order chi connectivity index (χ0) is 15.0. The van der Waals surface area contributed by atoms with Crippen LogP contribution in [0.5, 0.6) is 0 Å². The van der Waals surface area contributed by atoms with Gasteiger partial charge >= 0.3 is 0 Å². The number of fused-ring (bicyclic) bond motifs is 1. The largest absolute Gasteiger partial charge is 0.441 e. The molecule has 2 aromatic carbocycles. The van der Waals surface area contributed by atoms with E-state index in [1.165, 1.54) is 0 Å². The third-order valence-corrected chi connectivity index (χ3v) is 3.60. The minimum absolute atomic E-state index is 0.115. The molecule has 0 saturated carbocycles. The van der Waals surface area contributed by atoms with Crippen molar-refractivity contribution in [3.8, 4) is 0 Å². The molecular formula is C17H16N2O2. The van der Waals surface area contributed by atoms with Gasteiger partial charge in [0.1, 0.15) is 5.52 Å². The van der Waals surface area contributed by atoms with Crippen LogP contribution in [0, 0.1) is 20.8 Å². The first-order valence-corrected chi connectivity index (χ1v) is 6.79. The van der Waals surface area contributed by atoms with E-state index in [9.17, 15) is 4.79 Å². The molecule has 0 bridgehead atoms. The first-order chi connectivity index (χ1) is 10.0. The van der Waals surface area contributed by atoms with Crippen molar-refractivity contribution in [2.24, 2.45) is 0 Å². The fourth-order valence-electron chi connectivity index (χ4n) is 2.32. The lowest BCUT2D eigenvalue weighted by Crippen LogP contribution is -2.13. The average molecular weight is 280 g/mol. The summed E-state index contributed by atoms with van der Waals surface area (Å²) >= 11 is 0. The molecule has 0 fully saturated rings. The van der Waals surface area contributed by atoms with Crippen LogP contribution in [0.4, 0.5) is 5.69 Å². The number of hydrogen-bond donors (Lipinski definition) is 1. The van der Waals surface area contributed by atoms with Crippen molar-refractivity contribution >= 4 is 22.7 Å². The summed E-state index contributed by atoms with van der Waals surface area (Å²) < 4.78 is 5.42. The summed E-state index contributed by atoms with van der Waals surface area (Å²) in [7, 11) is 0. The van der Waals surface area contributed by atoms with Gasteiger partial charge in [-0.05, 0) is 49.2 Å². The Hall–Kier alpha value is -2.62. The topological polar surface area (TPSA) is 55.1 Å². The maximum absolute atomic E-state index is 12.4. The van der Waals surface area contributed by atoms with E-state index >= 15 is 0 Å². The molecular weight excluding hydrogens is 264 g/mol. The Morgan fingerprint density at radius 3 is 2.76 bits per heavy atom. The summed E-state index contributed by atoms with van der Waals surface area (Å²) in [5.41, 5.74) is 4.95. The molecule has 3 rings (SSSR count). The Kier molecular flexibility index (Phi) is 3.22. The van der Waals surface area contributed by atoms with Gasteiger partial charge in [0.25, 0.3) is 5.91 Å². The molecule has 0 aliphatic carbocycles. The van der Waals surface area contributed by atoms with Gasteiger partial charge in [0, 0.05) is 18.2 Å². The Labute approximate surface area is 122 Å². The molecule has 0 radical (unpaired) electrons. The van der Waals surface area contributed by atoms with Crippen molar-refractivity contribution in [2.75, 3.05) is 5.32 Å². The van der Waals surface area contributed by atoms with Crippen LogP contribution in [0.15, 0.2) is 40.8 Å². The van der Waals surface area contributed by atoms with Gasteiger partial charge in [-0.25, -0.2) is 4.98 Å². The van der Waals surface area contributed by atoms with E-state index in [1.807, 2.05) is 50.2 Å². The Morgan fingerprint density at radius 2 is 1.95 bits per heavy atom. The van der Waals surface area contributed by atoms with Crippen molar-refractivity contribution in [2.45, 2.75) is 20.8 Å². The number of amides is 1. The monoisotopic (exact) mass is 280 g/mol. The number of hydrogen-bond acceptors (Lipinski definition) is 3. The smallest absolute Gasteiger partial charge is 0.255 e. The highest BCUT2D eigenvalue weighted by Gasteiger charge is 2.11. The number of anilines is 1. The quantitative estimate of drug-likeness (QED) is 0.771. The zero-order valence-electron chi connectivity index (χ0n) is 12.2. The lowest BCUT2D eigenvalue weighted by atomic mass is 10.0. The SMILES string of the molecule is Cc1nc2cc(NC(=O)c3cccc(C)c3C)ccc2o1. The molecule has 106 valence electrons. The number of aromatic nitrogens is 1. The van der Waals surface area contributed by atoms with Crippen LogP contribution in [-0.4, -0.2) is 10.9 Å². The fourth-order valence-corrected chi connectivity index (χ4v) is 2.32. The number of oxazole rings is 1. The predicted octanol–water partition coefficient (Wildman–Crippen LogP) is 4.01. The van der Waals surface area contributed by atoms with E-state index in [4.69, 9.17) is 4.42 Å². The number of rotatable bonds is 2. The number of aryl methyl sites for hydroxylation is 2.